The zero-order chi connectivity index (χ0) is 19.0. The van der Waals surface area contributed by atoms with Crippen LogP contribution in [0, 0.1) is 6.92 Å². The number of hydrogen-bond donors (Lipinski definition) is 1. The van der Waals surface area contributed by atoms with Gasteiger partial charge in [-0.25, -0.2) is 13.1 Å². The first-order valence-electron chi connectivity index (χ1n) is 8.69. The van der Waals surface area contributed by atoms with Crippen LogP contribution >= 0.6 is 0 Å². The first kappa shape index (κ1) is 20.1. The molecule has 2 aromatic rings. The molecular weight excluding hydrogens is 348 g/mol. The Balaban J connectivity index is 1.85. The summed E-state index contributed by atoms with van der Waals surface area (Å²) >= 11 is 0. The first-order valence-corrected chi connectivity index (χ1v) is 10.3. The molecule has 6 heteroatoms. The molecule has 0 saturated heterocycles. The molecule has 1 N–H and O–H groups in total. The van der Waals surface area contributed by atoms with Crippen molar-refractivity contribution in [2.75, 3.05) is 18.8 Å². The Hall–Kier alpha value is -2.18. The zero-order valence-electron chi connectivity index (χ0n) is 15.3. The lowest BCUT2D eigenvalue weighted by Gasteiger charge is -2.22. The van der Waals surface area contributed by atoms with Gasteiger partial charge >= 0.3 is 0 Å². The summed E-state index contributed by atoms with van der Waals surface area (Å²) in [4.78, 5) is 13.5. The van der Waals surface area contributed by atoms with Crippen LogP contribution in [0.4, 0.5) is 0 Å². The summed E-state index contributed by atoms with van der Waals surface area (Å²) in [6.07, 6.45) is 0.468. The number of benzene rings is 2. The minimum atomic E-state index is -3.37. The molecule has 0 aliphatic carbocycles. The number of nitrogens with zero attached hydrogens (tertiary/aromatic N) is 1. The maximum atomic E-state index is 12.2. The Kier molecular flexibility index (Phi) is 7.36. The predicted octanol–water partition coefficient (Wildman–Crippen LogP) is 2.51. The SMILES string of the molecule is CC(=O)N(CCNS(=O)(=O)CCc1ccccc1)Cc1ccccc1C. The van der Waals surface area contributed by atoms with Gasteiger partial charge in [-0.1, -0.05) is 54.6 Å². The fourth-order valence-corrected chi connectivity index (χ4v) is 3.70. The molecule has 140 valence electrons. The molecule has 0 aromatic heterocycles. The number of carbonyl (C=O) groups is 1. The molecule has 0 aliphatic heterocycles. The summed E-state index contributed by atoms with van der Waals surface area (Å²) < 4.78 is 26.9. The molecule has 0 heterocycles. The van der Waals surface area contributed by atoms with Gasteiger partial charge in [0.05, 0.1) is 5.75 Å². The Morgan fingerprint density at radius 3 is 2.35 bits per heavy atom. The van der Waals surface area contributed by atoms with Gasteiger partial charge in [0.25, 0.3) is 0 Å². The molecule has 1 amide bonds. The van der Waals surface area contributed by atoms with E-state index >= 15 is 0 Å². The molecular formula is C20H26N2O3S. The Morgan fingerprint density at radius 1 is 1.04 bits per heavy atom. The summed E-state index contributed by atoms with van der Waals surface area (Å²) in [7, 11) is -3.37. The Morgan fingerprint density at radius 2 is 1.69 bits per heavy atom. The molecule has 5 nitrogen and oxygen atoms in total. The molecule has 26 heavy (non-hydrogen) atoms. The van der Waals surface area contributed by atoms with E-state index in [1.807, 2.05) is 61.5 Å². The topological polar surface area (TPSA) is 66.5 Å². The third-order valence-electron chi connectivity index (χ3n) is 4.27. The molecule has 0 bridgehead atoms. The smallest absolute Gasteiger partial charge is 0.219 e. The highest BCUT2D eigenvalue weighted by Crippen LogP contribution is 2.10. The molecule has 0 aliphatic rings. The first-order chi connectivity index (χ1) is 12.4. The third kappa shape index (κ3) is 6.61. The quantitative estimate of drug-likeness (QED) is 0.733. The summed E-state index contributed by atoms with van der Waals surface area (Å²) in [6.45, 7) is 4.53. The molecule has 0 spiro atoms. The molecule has 2 aromatic carbocycles. The van der Waals surface area contributed by atoms with Gasteiger partial charge < -0.3 is 4.90 Å². The third-order valence-corrected chi connectivity index (χ3v) is 5.66. The van der Waals surface area contributed by atoms with Crippen molar-refractivity contribution >= 4 is 15.9 Å². The highest BCUT2D eigenvalue weighted by atomic mass is 32.2. The van der Waals surface area contributed by atoms with Gasteiger partial charge in [0.2, 0.25) is 15.9 Å². The summed E-state index contributed by atoms with van der Waals surface area (Å²) in [5.41, 5.74) is 3.17. The van der Waals surface area contributed by atoms with Gasteiger partial charge in [0.15, 0.2) is 0 Å². The van der Waals surface area contributed by atoms with E-state index in [2.05, 4.69) is 4.72 Å². The van der Waals surface area contributed by atoms with Crippen LogP contribution in [-0.2, 0) is 27.8 Å². The number of carbonyl (C=O) groups excluding carboxylic acids is 1. The minimum Gasteiger partial charge on any atom is -0.337 e. The van der Waals surface area contributed by atoms with Gasteiger partial charge in [-0.2, -0.15) is 0 Å². The lowest BCUT2D eigenvalue weighted by Crippen LogP contribution is -2.38. The van der Waals surface area contributed by atoms with Gasteiger partial charge in [-0.3, -0.25) is 4.79 Å². The van der Waals surface area contributed by atoms with Gasteiger partial charge in [-0.15, -0.1) is 0 Å². The largest absolute Gasteiger partial charge is 0.337 e. The lowest BCUT2D eigenvalue weighted by atomic mass is 10.1. The van der Waals surface area contributed by atoms with Crippen molar-refractivity contribution in [1.29, 1.82) is 0 Å². The number of hydrogen-bond acceptors (Lipinski definition) is 3. The van der Waals surface area contributed by atoms with E-state index in [4.69, 9.17) is 0 Å². The predicted molar refractivity (Wildman–Crippen MR) is 104 cm³/mol. The second kappa shape index (κ2) is 9.50. The van der Waals surface area contributed by atoms with Crippen LogP contribution in [0.25, 0.3) is 0 Å². The second-order valence-corrected chi connectivity index (χ2v) is 8.24. The van der Waals surface area contributed by atoms with Crippen molar-refractivity contribution < 1.29 is 13.2 Å². The van der Waals surface area contributed by atoms with E-state index < -0.39 is 10.0 Å². The van der Waals surface area contributed by atoms with Gasteiger partial charge in [0, 0.05) is 26.6 Å². The van der Waals surface area contributed by atoms with Crippen molar-refractivity contribution in [3.63, 3.8) is 0 Å². The minimum absolute atomic E-state index is 0.0366. The molecule has 2 rings (SSSR count). The highest BCUT2D eigenvalue weighted by molar-refractivity contribution is 7.89. The van der Waals surface area contributed by atoms with Gasteiger partial charge in [-0.05, 0) is 30.0 Å². The van der Waals surface area contributed by atoms with Crippen molar-refractivity contribution in [2.45, 2.75) is 26.8 Å². The zero-order valence-corrected chi connectivity index (χ0v) is 16.1. The average Bonchev–Trinajstić information content (AvgIpc) is 2.61. The van der Waals surface area contributed by atoms with Crippen LogP contribution < -0.4 is 4.72 Å². The number of sulfonamides is 1. The lowest BCUT2D eigenvalue weighted by molar-refractivity contribution is -0.129. The molecule has 0 unspecified atom stereocenters. The van der Waals surface area contributed by atoms with Crippen LogP contribution in [0.15, 0.2) is 54.6 Å². The number of nitrogens with one attached hydrogen (secondary N) is 1. The van der Waals surface area contributed by atoms with Crippen LogP contribution in [-0.4, -0.2) is 38.1 Å². The highest BCUT2D eigenvalue weighted by Gasteiger charge is 2.14. The molecule has 0 fully saturated rings. The summed E-state index contributed by atoms with van der Waals surface area (Å²) in [5.74, 6) is -0.0359. The van der Waals surface area contributed by atoms with Crippen LogP contribution in [0.2, 0.25) is 0 Å². The van der Waals surface area contributed by atoms with Crippen LogP contribution in [0.1, 0.15) is 23.6 Å². The van der Waals surface area contributed by atoms with E-state index in [0.29, 0.717) is 19.5 Å². The summed E-state index contributed by atoms with van der Waals surface area (Å²) in [6, 6.07) is 17.4. The van der Waals surface area contributed by atoms with E-state index in [9.17, 15) is 13.2 Å². The summed E-state index contributed by atoms with van der Waals surface area (Å²) in [5, 5.41) is 0. The second-order valence-electron chi connectivity index (χ2n) is 6.32. The van der Waals surface area contributed by atoms with Crippen molar-refractivity contribution in [1.82, 2.24) is 9.62 Å². The molecule has 0 atom stereocenters. The molecule has 0 radical (unpaired) electrons. The maximum Gasteiger partial charge on any atom is 0.219 e. The van der Waals surface area contributed by atoms with E-state index in [1.165, 1.54) is 6.92 Å². The standard InChI is InChI=1S/C20H26N2O3S/c1-17-8-6-7-11-20(17)16-22(18(2)23)14-13-21-26(24,25)15-12-19-9-4-3-5-10-19/h3-11,21H,12-16H2,1-2H3. The van der Waals surface area contributed by atoms with E-state index in [0.717, 1.165) is 16.7 Å². The average molecular weight is 375 g/mol. The van der Waals surface area contributed by atoms with Gasteiger partial charge in [0.1, 0.15) is 0 Å². The fourth-order valence-electron chi connectivity index (χ4n) is 2.65. The number of amides is 1. The maximum absolute atomic E-state index is 12.2. The number of aryl methyl sites for hydroxylation is 2. The van der Waals surface area contributed by atoms with E-state index in [-0.39, 0.29) is 18.2 Å². The van der Waals surface area contributed by atoms with E-state index in [1.54, 1.807) is 4.90 Å². The van der Waals surface area contributed by atoms with Crippen molar-refractivity contribution in [3.05, 3.63) is 71.3 Å². The number of rotatable bonds is 9. The normalized spacial score (nSPS) is 11.3. The molecule has 0 saturated carbocycles. The van der Waals surface area contributed by atoms with Crippen LogP contribution in [0.3, 0.4) is 0 Å². The monoisotopic (exact) mass is 374 g/mol. The van der Waals surface area contributed by atoms with Crippen molar-refractivity contribution in [2.24, 2.45) is 0 Å². The van der Waals surface area contributed by atoms with Crippen LogP contribution in [0.5, 0.6) is 0 Å². The fraction of sp³-hybridized carbons (Fsp3) is 0.350. The Bertz CT molecular complexity index is 820. The Labute approximate surface area is 156 Å². The van der Waals surface area contributed by atoms with Crippen molar-refractivity contribution in [3.8, 4) is 0 Å².